The van der Waals surface area contributed by atoms with Gasteiger partial charge in [0, 0.05) is 18.5 Å². The van der Waals surface area contributed by atoms with Crippen molar-refractivity contribution < 1.29 is 18.0 Å². The van der Waals surface area contributed by atoms with Crippen molar-refractivity contribution in [3.8, 4) is 6.07 Å². The van der Waals surface area contributed by atoms with Crippen LogP contribution >= 0.6 is 23.5 Å². The summed E-state index contributed by atoms with van der Waals surface area (Å²) in [6.07, 6.45) is -4.47. The molecule has 0 saturated carbocycles. The highest BCUT2D eigenvalue weighted by atomic mass is 32.2. The van der Waals surface area contributed by atoms with Gasteiger partial charge in [0.25, 0.3) is 5.91 Å². The van der Waals surface area contributed by atoms with Crippen molar-refractivity contribution in [1.82, 2.24) is 4.90 Å². The molecule has 1 N–H and O–H groups in total. The Labute approximate surface area is 232 Å². The molecule has 0 atom stereocenters. The van der Waals surface area contributed by atoms with Gasteiger partial charge >= 0.3 is 6.18 Å². The van der Waals surface area contributed by atoms with Crippen LogP contribution in [0.25, 0.3) is 0 Å². The van der Waals surface area contributed by atoms with E-state index in [-0.39, 0.29) is 12.5 Å². The molecule has 3 aromatic carbocycles. The van der Waals surface area contributed by atoms with Crippen molar-refractivity contribution in [3.63, 3.8) is 0 Å². The normalized spacial score (nSPS) is 18.1. The lowest BCUT2D eigenvalue weighted by Crippen LogP contribution is -2.29. The number of hydrogen-bond donors (Lipinski definition) is 1. The van der Waals surface area contributed by atoms with Crippen molar-refractivity contribution in [2.24, 2.45) is 4.99 Å². The number of amidine groups is 1. The zero-order chi connectivity index (χ0) is 27.7. The van der Waals surface area contributed by atoms with Crippen LogP contribution in [0.5, 0.6) is 0 Å². The maximum atomic E-state index is 13.8. The summed E-state index contributed by atoms with van der Waals surface area (Å²) in [5.41, 5.74) is 2.21. The van der Waals surface area contributed by atoms with Gasteiger partial charge in [-0.1, -0.05) is 42.1 Å². The summed E-state index contributed by atoms with van der Waals surface area (Å²) in [5.74, 6) is -0.290. The molecule has 198 valence electrons. The first-order valence-corrected chi connectivity index (χ1v) is 13.6. The molecule has 0 unspecified atom stereocenters. The third kappa shape index (κ3) is 5.35. The molecule has 0 radical (unpaired) electrons. The Morgan fingerprint density at radius 2 is 1.82 bits per heavy atom. The van der Waals surface area contributed by atoms with Crippen LogP contribution in [0.15, 0.2) is 86.6 Å². The number of nitrogens with zero attached hydrogens (tertiary/aromatic N) is 4. The molecular formula is C28H22F3N5OS2. The number of anilines is 2. The molecule has 1 saturated heterocycles. The minimum absolute atomic E-state index is 0.260. The first-order valence-electron chi connectivity index (χ1n) is 12.0. The quantitative estimate of drug-likeness (QED) is 0.331. The highest BCUT2D eigenvalue weighted by Gasteiger charge is 2.40. The second-order valence-corrected chi connectivity index (χ2v) is 10.7. The molecular weight excluding hydrogens is 543 g/mol. The number of hydrogen-bond acceptors (Lipinski definition) is 7. The molecule has 1 fully saturated rings. The second kappa shape index (κ2) is 10.7. The highest BCUT2D eigenvalue weighted by Crippen LogP contribution is 2.51. The zero-order valence-electron chi connectivity index (χ0n) is 20.9. The number of nitrogens with one attached hydrogen (secondary N) is 1. The van der Waals surface area contributed by atoms with Gasteiger partial charge in [-0.25, -0.2) is 4.99 Å². The van der Waals surface area contributed by atoms with Crippen molar-refractivity contribution in [2.45, 2.75) is 24.5 Å². The molecule has 0 bridgehead atoms. The summed E-state index contributed by atoms with van der Waals surface area (Å²) in [6.45, 7) is 2.84. The van der Waals surface area contributed by atoms with Crippen LogP contribution in [0.2, 0.25) is 0 Å². The molecule has 11 heteroatoms. The maximum absolute atomic E-state index is 13.8. The standard InChI is InChI=1S/C28H22F3N5OS2/c1-3-33-20-11-9-18(15-32)13-21(20)34-27-36(16-17-7-5-4-6-8-17)25(37)24(39-27)26-35(2)22-14-19(28(29,30)31)10-12-23(22)38-26/h4-14,33H,3,16H2,1-2H3/b26-24-,34-27+. The van der Waals surface area contributed by atoms with E-state index in [2.05, 4.69) is 11.4 Å². The van der Waals surface area contributed by atoms with Gasteiger partial charge in [0.15, 0.2) is 5.17 Å². The molecule has 0 aliphatic carbocycles. The summed E-state index contributed by atoms with van der Waals surface area (Å²) < 4.78 is 40.1. The van der Waals surface area contributed by atoms with Crippen molar-refractivity contribution in [2.75, 3.05) is 23.8 Å². The lowest BCUT2D eigenvalue weighted by Gasteiger charge is -2.17. The van der Waals surface area contributed by atoms with Crippen molar-refractivity contribution >= 4 is 51.7 Å². The van der Waals surface area contributed by atoms with Gasteiger partial charge in [0.2, 0.25) is 0 Å². The van der Waals surface area contributed by atoms with Crippen LogP contribution in [-0.4, -0.2) is 29.6 Å². The zero-order valence-corrected chi connectivity index (χ0v) is 22.5. The minimum Gasteiger partial charge on any atom is -0.384 e. The Balaban J connectivity index is 1.58. The number of carbonyl (C=O) groups is 1. The number of benzene rings is 3. The van der Waals surface area contributed by atoms with E-state index in [0.717, 1.165) is 23.4 Å². The molecule has 2 aliphatic rings. The monoisotopic (exact) mass is 565 g/mol. The fourth-order valence-electron chi connectivity index (χ4n) is 4.18. The SMILES string of the molecule is CCNc1ccc(C#N)cc1/N=C1/S/C(=C2\Sc3ccc(C(F)(F)F)cc3N2C)C(=O)N1Cc1ccccc1. The van der Waals surface area contributed by atoms with Gasteiger partial charge in [0.05, 0.1) is 45.8 Å². The molecule has 3 aromatic rings. The van der Waals surface area contributed by atoms with Crippen molar-refractivity contribution in [3.05, 3.63) is 93.4 Å². The third-order valence-corrected chi connectivity index (χ3v) is 8.54. The van der Waals surface area contributed by atoms with Gasteiger partial charge in [-0.2, -0.15) is 18.4 Å². The van der Waals surface area contributed by atoms with E-state index >= 15 is 0 Å². The second-order valence-electron chi connectivity index (χ2n) is 8.72. The van der Waals surface area contributed by atoms with Gasteiger partial charge in [-0.05, 0) is 60.6 Å². The van der Waals surface area contributed by atoms with E-state index in [1.54, 1.807) is 35.0 Å². The largest absolute Gasteiger partial charge is 0.416 e. The number of rotatable bonds is 5. The van der Waals surface area contributed by atoms with Crippen LogP contribution in [-0.2, 0) is 17.5 Å². The van der Waals surface area contributed by atoms with E-state index in [1.165, 1.54) is 29.6 Å². The smallest absolute Gasteiger partial charge is 0.384 e. The lowest BCUT2D eigenvalue weighted by atomic mass is 10.2. The Bertz CT molecular complexity index is 1550. The number of carbonyl (C=O) groups excluding carboxylic acids is 1. The average molecular weight is 566 g/mol. The fourth-order valence-corrected chi connectivity index (χ4v) is 6.50. The number of thioether (sulfide) groups is 2. The predicted octanol–water partition coefficient (Wildman–Crippen LogP) is 7.18. The van der Waals surface area contributed by atoms with Crippen LogP contribution in [0.4, 0.5) is 30.2 Å². The molecule has 5 rings (SSSR count). The topological polar surface area (TPSA) is 71.7 Å². The van der Waals surface area contributed by atoms with Crippen LogP contribution in [0, 0.1) is 11.3 Å². The van der Waals surface area contributed by atoms with E-state index in [0.29, 0.717) is 43.5 Å². The molecule has 2 heterocycles. The Kier molecular flexibility index (Phi) is 7.34. The minimum atomic E-state index is -4.47. The summed E-state index contributed by atoms with van der Waals surface area (Å²) >= 11 is 2.43. The highest BCUT2D eigenvalue weighted by molar-refractivity contribution is 8.19. The van der Waals surface area contributed by atoms with Crippen LogP contribution in [0.1, 0.15) is 23.6 Å². The number of amides is 1. The molecule has 0 spiro atoms. The Hall–Kier alpha value is -3.88. The third-order valence-electron chi connectivity index (χ3n) is 6.11. The summed E-state index contributed by atoms with van der Waals surface area (Å²) in [6, 6.07) is 20.3. The number of halogens is 3. The number of fused-ring (bicyclic) bond motifs is 1. The summed E-state index contributed by atoms with van der Waals surface area (Å²) in [4.78, 5) is 22.9. The number of alkyl halides is 3. The Morgan fingerprint density at radius 1 is 1.05 bits per heavy atom. The van der Waals surface area contributed by atoms with Crippen molar-refractivity contribution in [1.29, 1.82) is 5.26 Å². The molecule has 0 aromatic heterocycles. The van der Waals surface area contributed by atoms with E-state index < -0.39 is 11.7 Å². The van der Waals surface area contributed by atoms with E-state index in [4.69, 9.17) is 4.99 Å². The number of nitriles is 1. The maximum Gasteiger partial charge on any atom is 0.416 e. The lowest BCUT2D eigenvalue weighted by molar-refractivity contribution is -0.137. The van der Waals surface area contributed by atoms with Gasteiger partial charge in [-0.3, -0.25) is 9.69 Å². The first kappa shape index (κ1) is 26.7. The predicted molar refractivity (Wildman–Crippen MR) is 150 cm³/mol. The summed E-state index contributed by atoms with van der Waals surface area (Å²) in [5, 5.41) is 13.6. The number of aliphatic imine (C=N–C) groups is 1. The van der Waals surface area contributed by atoms with E-state index in [1.807, 2.05) is 37.3 Å². The molecule has 1 amide bonds. The molecule has 39 heavy (non-hydrogen) atoms. The Morgan fingerprint density at radius 3 is 2.51 bits per heavy atom. The molecule has 2 aliphatic heterocycles. The van der Waals surface area contributed by atoms with Gasteiger partial charge in [0.1, 0.15) is 4.91 Å². The van der Waals surface area contributed by atoms with Crippen LogP contribution < -0.4 is 10.2 Å². The molecule has 6 nitrogen and oxygen atoms in total. The first-order chi connectivity index (χ1) is 18.7. The average Bonchev–Trinajstić information content (AvgIpc) is 3.41. The van der Waals surface area contributed by atoms with Gasteiger partial charge in [-0.15, -0.1) is 0 Å². The van der Waals surface area contributed by atoms with Crippen LogP contribution in [0.3, 0.4) is 0 Å². The summed E-state index contributed by atoms with van der Waals surface area (Å²) in [7, 11) is 1.66. The van der Waals surface area contributed by atoms with E-state index in [9.17, 15) is 23.2 Å². The fraction of sp³-hybridized carbons (Fsp3) is 0.179. The van der Waals surface area contributed by atoms with Gasteiger partial charge < -0.3 is 10.2 Å².